The Labute approximate surface area is 124 Å². The van der Waals surface area contributed by atoms with E-state index in [4.69, 9.17) is 4.74 Å². The third-order valence-electron chi connectivity index (χ3n) is 3.10. The number of hydrogen-bond acceptors (Lipinski definition) is 4. The zero-order valence-electron chi connectivity index (χ0n) is 10.7. The maximum absolute atomic E-state index is 11.9. The quantitative estimate of drug-likeness (QED) is 0.783. The minimum atomic E-state index is -1.08. The molecular formula is C13H15BrN2O4. The highest BCUT2D eigenvalue weighted by molar-refractivity contribution is 9.10. The van der Waals surface area contributed by atoms with Gasteiger partial charge in [0.05, 0.1) is 0 Å². The number of halogens is 1. The van der Waals surface area contributed by atoms with Gasteiger partial charge >= 0.3 is 5.97 Å². The molecule has 0 aliphatic carbocycles. The molecule has 6 nitrogen and oxygen atoms in total. The molecule has 1 amide bonds. The van der Waals surface area contributed by atoms with Crippen LogP contribution in [0.1, 0.15) is 18.4 Å². The molecule has 1 aliphatic heterocycles. The summed E-state index contributed by atoms with van der Waals surface area (Å²) in [5.41, 5.74) is 0.729. The lowest BCUT2D eigenvalue weighted by Gasteiger charge is -2.17. The summed E-state index contributed by atoms with van der Waals surface area (Å²) < 4.78 is 5.82. The van der Waals surface area contributed by atoms with E-state index >= 15 is 0 Å². The average molecular weight is 343 g/mol. The lowest BCUT2D eigenvalue weighted by atomic mass is 10.1. The average Bonchev–Trinajstić information content (AvgIpc) is 2.94. The fourth-order valence-corrected chi connectivity index (χ4v) is 2.45. The third-order valence-corrected chi connectivity index (χ3v) is 3.81. The third kappa shape index (κ3) is 3.77. The van der Waals surface area contributed by atoms with Gasteiger partial charge in [0.25, 0.3) is 0 Å². The van der Waals surface area contributed by atoms with Gasteiger partial charge in [-0.2, -0.15) is 0 Å². The highest BCUT2D eigenvalue weighted by atomic mass is 79.9. The van der Waals surface area contributed by atoms with Crippen molar-refractivity contribution in [1.82, 2.24) is 10.3 Å². The van der Waals surface area contributed by atoms with Crippen molar-refractivity contribution >= 4 is 27.8 Å². The molecule has 1 saturated heterocycles. The van der Waals surface area contributed by atoms with Crippen molar-refractivity contribution in [3.8, 4) is 0 Å². The van der Waals surface area contributed by atoms with Crippen molar-refractivity contribution in [2.75, 3.05) is 6.61 Å². The largest absolute Gasteiger partial charge is 0.480 e. The lowest BCUT2D eigenvalue weighted by molar-refractivity contribution is -0.143. The van der Waals surface area contributed by atoms with Crippen LogP contribution in [-0.2, 0) is 20.7 Å². The van der Waals surface area contributed by atoms with E-state index in [0.29, 0.717) is 17.6 Å². The molecular weight excluding hydrogens is 328 g/mol. The van der Waals surface area contributed by atoms with E-state index in [2.05, 4.69) is 26.2 Å². The number of carbonyl (C=O) groups excluding carboxylic acids is 1. The van der Waals surface area contributed by atoms with Crippen molar-refractivity contribution in [3.05, 3.63) is 28.5 Å². The molecule has 0 unspecified atom stereocenters. The summed E-state index contributed by atoms with van der Waals surface area (Å²) in [5, 5.41) is 11.7. The summed E-state index contributed by atoms with van der Waals surface area (Å²) >= 11 is 3.26. The Kier molecular flexibility index (Phi) is 5.08. The van der Waals surface area contributed by atoms with E-state index in [0.717, 1.165) is 12.0 Å². The van der Waals surface area contributed by atoms with Crippen molar-refractivity contribution in [1.29, 1.82) is 0 Å². The van der Waals surface area contributed by atoms with Crippen LogP contribution in [-0.4, -0.2) is 40.7 Å². The molecule has 7 heteroatoms. The first kappa shape index (κ1) is 14.9. The first-order valence-corrected chi connectivity index (χ1v) is 7.11. The Morgan fingerprint density at radius 1 is 1.60 bits per heavy atom. The number of carboxylic acids is 1. The van der Waals surface area contributed by atoms with Gasteiger partial charge in [-0.3, -0.25) is 4.79 Å². The normalized spacial score (nSPS) is 19.6. The van der Waals surface area contributed by atoms with Crippen LogP contribution >= 0.6 is 15.9 Å². The maximum atomic E-state index is 11.9. The van der Waals surface area contributed by atoms with Gasteiger partial charge in [0.2, 0.25) is 5.91 Å². The summed E-state index contributed by atoms with van der Waals surface area (Å²) in [7, 11) is 0. The number of aromatic nitrogens is 1. The number of amides is 1. The highest BCUT2D eigenvalue weighted by Gasteiger charge is 2.28. The number of hydrogen-bond donors (Lipinski definition) is 2. The molecule has 0 radical (unpaired) electrons. The van der Waals surface area contributed by atoms with E-state index in [9.17, 15) is 14.7 Å². The second-order valence-electron chi connectivity index (χ2n) is 4.56. The fraction of sp³-hybridized carbons (Fsp3) is 0.462. The van der Waals surface area contributed by atoms with E-state index < -0.39 is 18.1 Å². The Morgan fingerprint density at radius 3 is 3.00 bits per heavy atom. The molecule has 2 heterocycles. The molecule has 1 fully saturated rings. The Hall–Kier alpha value is -1.47. The first-order valence-electron chi connectivity index (χ1n) is 6.32. The summed E-state index contributed by atoms with van der Waals surface area (Å²) in [6.07, 6.45) is 2.70. The van der Waals surface area contributed by atoms with Crippen LogP contribution in [0.3, 0.4) is 0 Å². The molecule has 1 aromatic rings. The van der Waals surface area contributed by atoms with E-state index in [1.54, 1.807) is 18.3 Å². The van der Waals surface area contributed by atoms with Crippen LogP contribution in [0.15, 0.2) is 22.9 Å². The number of carbonyl (C=O) groups is 2. The number of nitrogens with zero attached hydrogens (tertiary/aromatic N) is 1. The molecule has 0 spiro atoms. The van der Waals surface area contributed by atoms with Crippen molar-refractivity contribution in [2.45, 2.75) is 31.4 Å². The smallest absolute Gasteiger partial charge is 0.326 e. The first-order chi connectivity index (χ1) is 9.58. The van der Waals surface area contributed by atoms with Crippen LogP contribution < -0.4 is 5.32 Å². The molecule has 0 aromatic carbocycles. The molecule has 1 aromatic heterocycles. The zero-order chi connectivity index (χ0) is 14.5. The number of aliphatic carboxylic acids is 1. The summed E-state index contributed by atoms with van der Waals surface area (Å²) in [4.78, 5) is 27.2. The van der Waals surface area contributed by atoms with Gasteiger partial charge in [0.15, 0.2) is 0 Å². The maximum Gasteiger partial charge on any atom is 0.326 e. The molecule has 0 bridgehead atoms. The summed E-state index contributed by atoms with van der Waals surface area (Å²) in [5.74, 6) is -1.44. The van der Waals surface area contributed by atoms with Gasteiger partial charge in [-0.25, -0.2) is 9.78 Å². The number of nitrogens with one attached hydrogen (secondary N) is 1. The Balaban J connectivity index is 2.02. The van der Waals surface area contributed by atoms with Crippen LogP contribution in [0.2, 0.25) is 0 Å². The van der Waals surface area contributed by atoms with Crippen LogP contribution in [0.4, 0.5) is 0 Å². The molecule has 2 N–H and O–H groups in total. The van der Waals surface area contributed by atoms with Crippen molar-refractivity contribution in [2.24, 2.45) is 0 Å². The number of pyridine rings is 1. The predicted molar refractivity (Wildman–Crippen MR) is 74.2 cm³/mol. The monoisotopic (exact) mass is 342 g/mol. The Bertz CT molecular complexity index is 503. The highest BCUT2D eigenvalue weighted by Crippen LogP contribution is 2.16. The topological polar surface area (TPSA) is 88.5 Å². The van der Waals surface area contributed by atoms with Crippen LogP contribution in [0.5, 0.6) is 0 Å². The second kappa shape index (κ2) is 6.81. The minimum absolute atomic E-state index is 0.169. The number of carboxylic acid groups (broad SMARTS) is 1. The van der Waals surface area contributed by atoms with E-state index in [1.807, 2.05) is 0 Å². The number of ether oxygens (including phenoxy) is 1. The summed E-state index contributed by atoms with van der Waals surface area (Å²) in [6, 6.07) is 2.50. The lowest BCUT2D eigenvalue weighted by Crippen LogP contribution is -2.46. The standard InChI is InChI=1S/C13H15BrN2O4/c14-11-8(3-1-5-15-11)7-9(13(18)19)16-12(17)10-4-2-6-20-10/h1,3,5,9-10H,2,4,6-7H2,(H,16,17)(H,18,19)/t9-,10+/m0/s1. The van der Waals surface area contributed by atoms with Gasteiger partial charge in [-0.15, -0.1) is 0 Å². The van der Waals surface area contributed by atoms with Crippen molar-refractivity contribution < 1.29 is 19.4 Å². The minimum Gasteiger partial charge on any atom is -0.480 e. The molecule has 20 heavy (non-hydrogen) atoms. The molecule has 108 valence electrons. The van der Waals surface area contributed by atoms with Gasteiger partial charge < -0.3 is 15.2 Å². The van der Waals surface area contributed by atoms with Crippen LogP contribution in [0.25, 0.3) is 0 Å². The number of rotatable bonds is 5. The second-order valence-corrected chi connectivity index (χ2v) is 5.31. The zero-order valence-corrected chi connectivity index (χ0v) is 12.3. The SMILES string of the molecule is O=C(O)[C@H](Cc1cccnc1Br)NC(=O)[C@H]1CCCO1. The molecule has 2 atom stereocenters. The van der Waals surface area contributed by atoms with Gasteiger partial charge in [0, 0.05) is 19.2 Å². The van der Waals surface area contributed by atoms with Crippen molar-refractivity contribution in [3.63, 3.8) is 0 Å². The van der Waals surface area contributed by atoms with Gasteiger partial charge in [0.1, 0.15) is 16.7 Å². The molecule has 0 saturated carbocycles. The van der Waals surface area contributed by atoms with Gasteiger partial charge in [-0.05, 0) is 40.4 Å². The molecule has 1 aliphatic rings. The predicted octanol–water partition coefficient (Wildman–Crippen LogP) is 1.14. The molecule has 2 rings (SSSR count). The summed E-state index contributed by atoms with van der Waals surface area (Å²) in [6.45, 7) is 0.546. The van der Waals surface area contributed by atoms with E-state index in [-0.39, 0.29) is 12.3 Å². The van der Waals surface area contributed by atoms with E-state index in [1.165, 1.54) is 0 Å². The fourth-order valence-electron chi connectivity index (χ4n) is 2.04. The van der Waals surface area contributed by atoms with Crippen LogP contribution in [0, 0.1) is 0 Å². The van der Waals surface area contributed by atoms with Gasteiger partial charge in [-0.1, -0.05) is 6.07 Å². The Morgan fingerprint density at radius 2 is 2.40 bits per heavy atom.